The van der Waals surface area contributed by atoms with Crippen LogP contribution in [0.15, 0.2) is 0 Å². The van der Waals surface area contributed by atoms with E-state index >= 15 is 0 Å². The molecule has 1 heterocycles. The molecule has 0 saturated carbocycles. The van der Waals surface area contributed by atoms with Crippen LogP contribution in [0.1, 0.15) is 39.0 Å². The first-order valence-corrected chi connectivity index (χ1v) is 7.73. The van der Waals surface area contributed by atoms with Gasteiger partial charge in [-0.25, -0.2) is 8.42 Å². The zero-order valence-corrected chi connectivity index (χ0v) is 10.7. The molecule has 0 aromatic carbocycles. The van der Waals surface area contributed by atoms with Gasteiger partial charge in [0, 0.05) is 13.2 Å². The average molecular weight is 250 g/mol. The number of ether oxygens (including phenoxy) is 1. The normalized spacial score (nSPS) is 26.1. The van der Waals surface area contributed by atoms with Gasteiger partial charge in [-0.2, -0.15) is 0 Å². The highest BCUT2D eigenvalue weighted by atomic mass is 32.2. The van der Waals surface area contributed by atoms with Gasteiger partial charge in [0.15, 0.2) is 9.84 Å². The van der Waals surface area contributed by atoms with Gasteiger partial charge < -0.3 is 9.84 Å². The minimum absolute atomic E-state index is 0.151. The Kier molecular flexibility index (Phi) is 5.72. The minimum Gasteiger partial charge on any atom is -0.396 e. The molecule has 16 heavy (non-hydrogen) atoms. The molecule has 0 unspecified atom stereocenters. The summed E-state index contributed by atoms with van der Waals surface area (Å²) >= 11 is 0. The molecule has 0 amide bonds. The molecule has 0 aromatic rings. The smallest absolute Gasteiger partial charge is 0.155 e. The van der Waals surface area contributed by atoms with Crippen molar-refractivity contribution < 1.29 is 18.3 Å². The summed E-state index contributed by atoms with van der Waals surface area (Å²) in [5, 5.41) is 8.30. The lowest BCUT2D eigenvalue weighted by atomic mass is 10.2. The van der Waals surface area contributed by atoms with E-state index in [2.05, 4.69) is 0 Å². The van der Waals surface area contributed by atoms with Crippen LogP contribution in [-0.4, -0.2) is 43.8 Å². The minimum atomic E-state index is -2.98. The third-order valence-corrected chi connectivity index (χ3v) is 5.50. The third kappa shape index (κ3) is 4.03. The zero-order chi connectivity index (χ0) is 12.0. The van der Waals surface area contributed by atoms with Gasteiger partial charge in [0.1, 0.15) is 0 Å². The van der Waals surface area contributed by atoms with E-state index in [0.717, 1.165) is 19.3 Å². The molecule has 4 nitrogen and oxygen atoms in total. The fourth-order valence-electron chi connectivity index (χ4n) is 2.10. The van der Waals surface area contributed by atoms with Crippen LogP contribution in [0.5, 0.6) is 0 Å². The van der Waals surface area contributed by atoms with Gasteiger partial charge in [0.2, 0.25) is 0 Å². The Labute approximate surface area is 97.9 Å². The van der Waals surface area contributed by atoms with E-state index in [1.165, 1.54) is 0 Å². The van der Waals surface area contributed by atoms with Gasteiger partial charge >= 0.3 is 0 Å². The lowest BCUT2D eigenvalue weighted by Gasteiger charge is -2.14. The summed E-state index contributed by atoms with van der Waals surface area (Å²) in [7, 11) is -2.98. The molecule has 0 aliphatic carbocycles. The van der Waals surface area contributed by atoms with Crippen LogP contribution in [0, 0.1) is 0 Å². The number of aliphatic hydroxyl groups is 1. The van der Waals surface area contributed by atoms with E-state index in [0.29, 0.717) is 19.4 Å². The summed E-state index contributed by atoms with van der Waals surface area (Å²) in [5.41, 5.74) is 0. The van der Waals surface area contributed by atoms with Crippen molar-refractivity contribution in [2.75, 3.05) is 19.0 Å². The molecule has 1 aliphatic heterocycles. The summed E-state index contributed by atoms with van der Waals surface area (Å²) in [4.78, 5) is 0. The average Bonchev–Trinajstić information content (AvgIpc) is 2.65. The van der Waals surface area contributed by atoms with E-state index in [9.17, 15) is 8.42 Å². The standard InChI is InChI=1S/C11H22O4S/c1-10-11(6-8-15-10)16(13,14)9-5-3-2-4-7-12/h10-12H,2-9H2,1H3/t10-,11+/m0/s1. The Hall–Kier alpha value is -0.130. The number of hydrogen-bond donors (Lipinski definition) is 1. The molecule has 96 valence electrons. The monoisotopic (exact) mass is 250 g/mol. The fourth-order valence-corrected chi connectivity index (χ4v) is 4.13. The molecule has 5 heteroatoms. The number of hydrogen-bond acceptors (Lipinski definition) is 4. The van der Waals surface area contributed by atoms with Crippen molar-refractivity contribution in [3.05, 3.63) is 0 Å². The quantitative estimate of drug-likeness (QED) is 0.688. The molecule has 0 bridgehead atoms. The van der Waals surface area contributed by atoms with Crippen molar-refractivity contribution >= 4 is 9.84 Å². The van der Waals surface area contributed by atoms with Crippen LogP contribution in [0.4, 0.5) is 0 Å². The van der Waals surface area contributed by atoms with Crippen LogP contribution < -0.4 is 0 Å². The Morgan fingerprint density at radius 2 is 1.94 bits per heavy atom. The van der Waals surface area contributed by atoms with E-state index in [1.807, 2.05) is 6.92 Å². The fraction of sp³-hybridized carbons (Fsp3) is 1.00. The number of rotatable bonds is 7. The van der Waals surface area contributed by atoms with Crippen LogP contribution in [0.25, 0.3) is 0 Å². The molecule has 0 aromatic heterocycles. The van der Waals surface area contributed by atoms with E-state index in [4.69, 9.17) is 9.84 Å². The summed E-state index contributed by atoms with van der Waals surface area (Å²) in [6.07, 6.45) is 3.74. The molecule has 1 saturated heterocycles. The Morgan fingerprint density at radius 1 is 1.25 bits per heavy atom. The molecule has 2 atom stereocenters. The van der Waals surface area contributed by atoms with Crippen LogP contribution in [-0.2, 0) is 14.6 Å². The predicted octanol–water partition coefficient (Wildman–Crippen LogP) is 1.13. The maximum Gasteiger partial charge on any atom is 0.155 e. The van der Waals surface area contributed by atoms with Gasteiger partial charge in [-0.15, -0.1) is 0 Å². The first-order chi connectivity index (χ1) is 7.58. The lowest BCUT2D eigenvalue weighted by molar-refractivity contribution is 0.126. The molecule has 1 N–H and O–H groups in total. The lowest BCUT2D eigenvalue weighted by Crippen LogP contribution is -2.30. The van der Waals surface area contributed by atoms with Crippen LogP contribution in [0.3, 0.4) is 0 Å². The summed E-state index contributed by atoms with van der Waals surface area (Å²) in [6, 6.07) is 0. The van der Waals surface area contributed by atoms with E-state index in [-0.39, 0.29) is 23.7 Å². The van der Waals surface area contributed by atoms with Gasteiger partial charge in [0.05, 0.1) is 17.1 Å². The highest BCUT2D eigenvalue weighted by Crippen LogP contribution is 2.22. The second-order valence-electron chi connectivity index (χ2n) is 4.41. The second kappa shape index (κ2) is 6.57. The number of sulfone groups is 1. The van der Waals surface area contributed by atoms with Crippen molar-refractivity contribution in [1.29, 1.82) is 0 Å². The van der Waals surface area contributed by atoms with Crippen molar-refractivity contribution in [2.45, 2.75) is 50.4 Å². The Morgan fingerprint density at radius 3 is 2.50 bits per heavy atom. The highest BCUT2D eigenvalue weighted by molar-refractivity contribution is 7.92. The predicted molar refractivity (Wildman–Crippen MR) is 63.2 cm³/mol. The van der Waals surface area contributed by atoms with Gasteiger partial charge in [-0.1, -0.05) is 12.8 Å². The topological polar surface area (TPSA) is 63.6 Å². The summed E-state index contributed by atoms with van der Waals surface area (Å²) < 4.78 is 29.2. The zero-order valence-electron chi connectivity index (χ0n) is 9.89. The first-order valence-electron chi connectivity index (χ1n) is 6.02. The second-order valence-corrected chi connectivity index (χ2v) is 6.75. The molecular formula is C11H22O4S. The highest BCUT2D eigenvalue weighted by Gasteiger charge is 2.34. The maximum atomic E-state index is 11.9. The van der Waals surface area contributed by atoms with Crippen LogP contribution >= 0.6 is 0 Å². The Bertz CT molecular complexity index is 286. The molecule has 0 radical (unpaired) electrons. The van der Waals surface area contributed by atoms with Crippen molar-refractivity contribution in [1.82, 2.24) is 0 Å². The van der Waals surface area contributed by atoms with Gasteiger partial charge in [0.25, 0.3) is 0 Å². The largest absolute Gasteiger partial charge is 0.396 e. The van der Waals surface area contributed by atoms with Gasteiger partial charge in [-0.3, -0.25) is 0 Å². The molecule has 1 aliphatic rings. The SMILES string of the molecule is C[C@@H]1OCC[C@H]1S(=O)(=O)CCCCCCO. The Balaban J connectivity index is 2.29. The van der Waals surface area contributed by atoms with Gasteiger partial charge in [-0.05, 0) is 26.2 Å². The molecule has 0 spiro atoms. The third-order valence-electron chi connectivity index (χ3n) is 3.10. The number of unbranched alkanes of at least 4 members (excludes halogenated alkanes) is 3. The summed E-state index contributed by atoms with van der Waals surface area (Å²) in [6.45, 7) is 2.59. The van der Waals surface area contributed by atoms with Crippen molar-refractivity contribution in [3.63, 3.8) is 0 Å². The van der Waals surface area contributed by atoms with Crippen molar-refractivity contribution in [3.8, 4) is 0 Å². The number of aliphatic hydroxyl groups excluding tert-OH is 1. The summed E-state index contributed by atoms with van der Waals surface area (Å²) in [5.74, 6) is 0.261. The molecule has 1 rings (SSSR count). The molecular weight excluding hydrogens is 228 g/mol. The van der Waals surface area contributed by atoms with E-state index in [1.54, 1.807) is 0 Å². The molecule has 1 fully saturated rings. The maximum absolute atomic E-state index is 11.9. The first kappa shape index (κ1) is 13.9. The van der Waals surface area contributed by atoms with E-state index < -0.39 is 9.84 Å². The van der Waals surface area contributed by atoms with Crippen LogP contribution in [0.2, 0.25) is 0 Å². The van der Waals surface area contributed by atoms with Crippen molar-refractivity contribution in [2.24, 2.45) is 0 Å².